The molecule has 0 spiro atoms. The maximum absolute atomic E-state index is 8.67. The number of rotatable bonds is 3. The molecular formula is C8H9NOS. The van der Waals surface area contributed by atoms with Crippen molar-refractivity contribution in [2.45, 2.75) is 12.3 Å². The normalized spacial score (nSPS) is 12.4. The van der Waals surface area contributed by atoms with Crippen LogP contribution in [0.4, 0.5) is 0 Å². The van der Waals surface area contributed by atoms with Gasteiger partial charge in [0.2, 0.25) is 0 Å². The van der Waals surface area contributed by atoms with Crippen molar-refractivity contribution in [1.29, 1.82) is 5.26 Å². The number of aliphatic hydroxyl groups excluding tert-OH is 1. The Labute approximate surface area is 69.7 Å². The van der Waals surface area contributed by atoms with Crippen LogP contribution in [0.25, 0.3) is 0 Å². The molecule has 1 heterocycles. The van der Waals surface area contributed by atoms with Gasteiger partial charge in [0, 0.05) is 11.5 Å². The minimum atomic E-state index is -0.125. The summed E-state index contributed by atoms with van der Waals surface area (Å²) < 4.78 is 0. The molecule has 58 valence electrons. The summed E-state index contributed by atoms with van der Waals surface area (Å²) in [5.74, 6) is -0.125. The van der Waals surface area contributed by atoms with Crippen LogP contribution in [-0.2, 0) is 0 Å². The molecule has 2 nitrogen and oxygen atoms in total. The molecule has 3 heteroatoms. The molecule has 0 aliphatic rings. The van der Waals surface area contributed by atoms with Crippen LogP contribution in [-0.4, -0.2) is 11.7 Å². The van der Waals surface area contributed by atoms with Crippen molar-refractivity contribution < 1.29 is 5.11 Å². The zero-order chi connectivity index (χ0) is 8.10. The average Bonchev–Trinajstić information content (AvgIpc) is 2.52. The first kappa shape index (κ1) is 8.25. The van der Waals surface area contributed by atoms with Crippen LogP contribution in [0.3, 0.4) is 0 Å². The SMILES string of the molecule is N#CC(CCO)c1cccs1. The summed E-state index contributed by atoms with van der Waals surface area (Å²) in [6.45, 7) is 0.0795. The zero-order valence-electron chi connectivity index (χ0n) is 6.03. The van der Waals surface area contributed by atoms with E-state index >= 15 is 0 Å². The summed E-state index contributed by atoms with van der Waals surface area (Å²) >= 11 is 1.56. The second-order valence-electron chi connectivity index (χ2n) is 2.21. The first-order chi connectivity index (χ1) is 5.38. The Balaban J connectivity index is 2.65. The van der Waals surface area contributed by atoms with Gasteiger partial charge in [-0.3, -0.25) is 0 Å². The molecule has 0 aliphatic carbocycles. The summed E-state index contributed by atoms with van der Waals surface area (Å²) in [5.41, 5.74) is 0. The topological polar surface area (TPSA) is 44.0 Å². The van der Waals surface area contributed by atoms with Crippen molar-refractivity contribution in [3.8, 4) is 6.07 Å². The smallest absolute Gasteiger partial charge is 0.0827 e. The lowest BCUT2D eigenvalue weighted by atomic mass is 10.1. The van der Waals surface area contributed by atoms with Crippen molar-refractivity contribution in [2.75, 3.05) is 6.61 Å². The molecule has 0 aliphatic heterocycles. The summed E-state index contributed by atoms with van der Waals surface area (Å²) in [5, 5.41) is 19.2. The fraction of sp³-hybridized carbons (Fsp3) is 0.375. The second-order valence-corrected chi connectivity index (χ2v) is 3.19. The highest BCUT2D eigenvalue weighted by Gasteiger charge is 2.09. The molecule has 0 amide bonds. The molecule has 1 atom stereocenters. The Morgan fingerprint density at radius 3 is 3.00 bits per heavy atom. The Kier molecular flexibility index (Phi) is 3.09. The van der Waals surface area contributed by atoms with Crippen LogP contribution in [0.5, 0.6) is 0 Å². The molecule has 1 rings (SSSR count). The molecule has 11 heavy (non-hydrogen) atoms. The highest BCUT2D eigenvalue weighted by Crippen LogP contribution is 2.22. The van der Waals surface area contributed by atoms with Gasteiger partial charge in [0.05, 0.1) is 12.0 Å². The Morgan fingerprint density at radius 2 is 2.55 bits per heavy atom. The number of hydrogen-bond acceptors (Lipinski definition) is 3. The lowest BCUT2D eigenvalue weighted by Crippen LogP contribution is -1.95. The lowest BCUT2D eigenvalue weighted by molar-refractivity contribution is 0.284. The van der Waals surface area contributed by atoms with Gasteiger partial charge in [0.15, 0.2) is 0 Å². The van der Waals surface area contributed by atoms with E-state index in [2.05, 4.69) is 6.07 Å². The zero-order valence-corrected chi connectivity index (χ0v) is 6.84. The van der Waals surface area contributed by atoms with E-state index in [1.807, 2.05) is 17.5 Å². The third-order valence-corrected chi connectivity index (χ3v) is 2.45. The van der Waals surface area contributed by atoms with Crippen LogP contribution in [0.1, 0.15) is 17.2 Å². The van der Waals surface area contributed by atoms with Crippen molar-refractivity contribution in [2.24, 2.45) is 0 Å². The molecule has 1 aromatic rings. The predicted molar refractivity (Wildman–Crippen MR) is 44.4 cm³/mol. The molecule has 0 radical (unpaired) electrons. The summed E-state index contributed by atoms with van der Waals surface area (Å²) in [6.07, 6.45) is 0.539. The van der Waals surface area contributed by atoms with E-state index in [1.165, 1.54) is 0 Å². The van der Waals surface area contributed by atoms with Gasteiger partial charge < -0.3 is 5.11 Å². The van der Waals surface area contributed by atoms with Gasteiger partial charge in [0.1, 0.15) is 0 Å². The number of nitriles is 1. The van der Waals surface area contributed by atoms with E-state index in [4.69, 9.17) is 10.4 Å². The molecule has 0 saturated carbocycles. The average molecular weight is 167 g/mol. The van der Waals surface area contributed by atoms with E-state index in [0.717, 1.165) is 4.88 Å². The first-order valence-corrected chi connectivity index (χ1v) is 4.30. The van der Waals surface area contributed by atoms with Crippen molar-refractivity contribution >= 4 is 11.3 Å². The standard InChI is InChI=1S/C8H9NOS/c9-6-7(3-4-10)8-2-1-5-11-8/h1-2,5,7,10H,3-4H2. The van der Waals surface area contributed by atoms with E-state index < -0.39 is 0 Å². The first-order valence-electron chi connectivity index (χ1n) is 3.42. The molecule has 1 aromatic heterocycles. The van der Waals surface area contributed by atoms with E-state index in [0.29, 0.717) is 6.42 Å². The van der Waals surface area contributed by atoms with Crippen molar-refractivity contribution in [3.05, 3.63) is 22.4 Å². The van der Waals surface area contributed by atoms with E-state index in [1.54, 1.807) is 11.3 Å². The largest absolute Gasteiger partial charge is 0.396 e. The summed E-state index contributed by atoms with van der Waals surface area (Å²) in [7, 11) is 0. The maximum Gasteiger partial charge on any atom is 0.0827 e. The number of thiophene rings is 1. The van der Waals surface area contributed by atoms with Gasteiger partial charge in [-0.1, -0.05) is 6.07 Å². The van der Waals surface area contributed by atoms with Crippen molar-refractivity contribution in [3.63, 3.8) is 0 Å². The molecule has 1 N–H and O–H groups in total. The molecule has 0 aromatic carbocycles. The predicted octanol–water partition coefficient (Wildman–Crippen LogP) is 1.74. The van der Waals surface area contributed by atoms with Gasteiger partial charge >= 0.3 is 0 Å². The van der Waals surface area contributed by atoms with Crippen LogP contribution < -0.4 is 0 Å². The number of aliphatic hydroxyl groups is 1. The molecule has 0 saturated heterocycles. The Bertz CT molecular complexity index is 237. The van der Waals surface area contributed by atoms with Crippen LogP contribution in [0.2, 0.25) is 0 Å². The van der Waals surface area contributed by atoms with Crippen LogP contribution in [0.15, 0.2) is 17.5 Å². The highest BCUT2D eigenvalue weighted by molar-refractivity contribution is 7.10. The minimum absolute atomic E-state index is 0.0795. The number of hydrogen-bond donors (Lipinski definition) is 1. The van der Waals surface area contributed by atoms with Gasteiger partial charge in [-0.25, -0.2) is 0 Å². The van der Waals surface area contributed by atoms with E-state index in [9.17, 15) is 0 Å². The monoisotopic (exact) mass is 167 g/mol. The second kappa shape index (κ2) is 4.12. The van der Waals surface area contributed by atoms with Gasteiger partial charge in [-0.15, -0.1) is 11.3 Å². The van der Waals surface area contributed by atoms with Gasteiger partial charge in [-0.2, -0.15) is 5.26 Å². The Morgan fingerprint density at radius 1 is 1.73 bits per heavy atom. The molecule has 0 fully saturated rings. The van der Waals surface area contributed by atoms with Gasteiger partial charge in [-0.05, 0) is 17.9 Å². The highest BCUT2D eigenvalue weighted by atomic mass is 32.1. The van der Waals surface area contributed by atoms with Crippen LogP contribution in [0, 0.1) is 11.3 Å². The maximum atomic E-state index is 8.67. The minimum Gasteiger partial charge on any atom is -0.396 e. The fourth-order valence-electron chi connectivity index (χ4n) is 0.889. The Hall–Kier alpha value is -0.850. The fourth-order valence-corrected chi connectivity index (χ4v) is 1.70. The lowest BCUT2D eigenvalue weighted by Gasteiger charge is -2.01. The molecule has 1 unspecified atom stereocenters. The quantitative estimate of drug-likeness (QED) is 0.745. The van der Waals surface area contributed by atoms with Crippen LogP contribution >= 0.6 is 11.3 Å². The number of nitrogens with zero attached hydrogens (tertiary/aromatic N) is 1. The van der Waals surface area contributed by atoms with Gasteiger partial charge in [0.25, 0.3) is 0 Å². The molecular weight excluding hydrogens is 158 g/mol. The summed E-state index contributed by atoms with van der Waals surface area (Å²) in [4.78, 5) is 1.04. The molecule has 0 bridgehead atoms. The third-order valence-electron chi connectivity index (χ3n) is 1.46. The van der Waals surface area contributed by atoms with E-state index in [-0.39, 0.29) is 12.5 Å². The third kappa shape index (κ3) is 2.04. The van der Waals surface area contributed by atoms with Crippen molar-refractivity contribution in [1.82, 2.24) is 0 Å². The summed E-state index contributed by atoms with van der Waals surface area (Å²) in [6, 6.07) is 6.00.